The Kier molecular flexibility index (Phi) is 7.31. The zero-order chi connectivity index (χ0) is 25.9. The van der Waals surface area contributed by atoms with Gasteiger partial charge in [0.15, 0.2) is 12.2 Å². The van der Waals surface area contributed by atoms with Gasteiger partial charge in [-0.2, -0.15) is 0 Å². The maximum Gasteiger partial charge on any atom is 0.341 e. The minimum atomic E-state index is -1.38. The number of carbonyl (C=O) groups excluding carboxylic acids is 3. The number of phenolic OH excluding ortho intramolecular Hbond substituents is 1. The smallest absolute Gasteiger partial charge is 0.341 e. The number of thioether (sulfide) groups is 1. The van der Waals surface area contributed by atoms with Crippen molar-refractivity contribution in [2.75, 3.05) is 26.0 Å². The molecule has 13 heteroatoms. The number of hydrogen-bond donors (Lipinski definition) is 2. The molecule has 2 fully saturated rings. The van der Waals surface area contributed by atoms with Gasteiger partial charge in [0.25, 0.3) is 11.6 Å². The van der Waals surface area contributed by atoms with Crippen molar-refractivity contribution in [1.29, 1.82) is 0 Å². The van der Waals surface area contributed by atoms with Crippen LogP contribution >= 0.6 is 11.8 Å². The third-order valence-corrected chi connectivity index (χ3v) is 7.36. The van der Waals surface area contributed by atoms with Crippen molar-refractivity contribution in [3.8, 4) is 11.5 Å². The summed E-state index contributed by atoms with van der Waals surface area (Å²) in [5.74, 6) is -0.815. The molecule has 2 saturated heterocycles. The highest BCUT2D eigenvalue weighted by molar-refractivity contribution is 8.00. The van der Waals surface area contributed by atoms with E-state index in [4.69, 9.17) is 14.2 Å². The van der Waals surface area contributed by atoms with E-state index < -0.39 is 28.4 Å². The summed E-state index contributed by atoms with van der Waals surface area (Å²) in [6, 6.07) is 10.8. The summed E-state index contributed by atoms with van der Waals surface area (Å²) in [4.78, 5) is 49.6. The van der Waals surface area contributed by atoms with Crippen molar-refractivity contribution in [2.24, 2.45) is 0 Å². The summed E-state index contributed by atoms with van der Waals surface area (Å²) >= 11 is 1.29. The molecule has 2 N–H and O–H groups in total. The van der Waals surface area contributed by atoms with Crippen LogP contribution in [0.2, 0.25) is 0 Å². The highest BCUT2D eigenvalue weighted by atomic mass is 32.2. The van der Waals surface area contributed by atoms with Gasteiger partial charge in [-0.05, 0) is 42.0 Å². The van der Waals surface area contributed by atoms with Crippen LogP contribution in [0, 0.1) is 10.1 Å². The number of rotatable bonds is 9. The fraction of sp³-hybridized carbons (Fsp3) is 0.348. The molecular formula is C23H23N3O9S. The molecule has 2 unspecified atom stereocenters. The van der Waals surface area contributed by atoms with Crippen LogP contribution in [0.15, 0.2) is 48.5 Å². The van der Waals surface area contributed by atoms with Crippen LogP contribution in [-0.2, 0) is 30.5 Å². The van der Waals surface area contributed by atoms with Gasteiger partial charge in [0.2, 0.25) is 5.91 Å². The Balaban J connectivity index is 1.29. The predicted molar refractivity (Wildman–Crippen MR) is 126 cm³/mol. The Hall–Kier alpha value is -3.84. The molecule has 2 amide bonds. The van der Waals surface area contributed by atoms with Crippen molar-refractivity contribution in [1.82, 2.24) is 10.2 Å². The SMILES string of the molecule is COC1(C(=O)OCc2ccc([N+](=O)[O-])cc2)CS[C@@H]2C(NC(=O)COc3ccc(O)cc3)C(=O)N2C1. The number of amides is 2. The number of methoxy groups -OCH3 is 1. The Morgan fingerprint density at radius 2 is 1.92 bits per heavy atom. The summed E-state index contributed by atoms with van der Waals surface area (Å²) in [6.07, 6.45) is 0. The third kappa shape index (κ3) is 5.21. The van der Waals surface area contributed by atoms with Gasteiger partial charge in [-0.15, -0.1) is 11.8 Å². The molecule has 2 aliphatic heterocycles. The Bertz CT molecular complexity index is 1160. The number of nitro groups is 1. The van der Waals surface area contributed by atoms with Gasteiger partial charge in [-0.3, -0.25) is 19.7 Å². The highest BCUT2D eigenvalue weighted by Crippen LogP contribution is 2.40. The molecule has 2 heterocycles. The van der Waals surface area contributed by atoms with Crippen molar-refractivity contribution in [2.45, 2.75) is 23.6 Å². The van der Waals surface area contributed by atoms with Crippen LogP contribution in [0.4, 0.5) is 5.69 Å². The molecule has 0 aliphatic carbocycles. The lowest BCUT2D eigenvalue weighted by atomic mass is 9.99. The normalized spacial score (nSPS) is 22.7. The number of nitrogens with zero attached hydrogens (tertiary/aromatic N) is 2. The van der Waals surface area contributed by atoms with Gasteiger partial charge in [-0.25, -0.2) is 4.79 Å². The van der Waals surface area contributed by atoms with Gasteiger partial charge in [0.1, 0.15) is 29.5 Å². The van der Waals surface area contributed by atoms with E-state index in [1.54, 1.807) is 0 Å². The molecular weight excluding hydrogens is 494 g/mol. The lowest BCUT2D eigenvalue weighted by Gasteiger charge is -2.53. The van der Waals surface area contributed by atoms with E-state index in [1.807, 2.05) is 0 Å². The Morgan fingerprint density at radius 3 is 2.56 bits per heavy atom. The monoisotopic (exact) mass is 517 g/mol. The number of aromatic hydroxyl groups is 1. The summed E-state index contributed by atoms with van der Waals surface area (Å²) in [6.45, 7) is -0.442. The van der Waals surface area contributed by atoms with Crippen molar-refractivity contribution in [3.63, 3.8) is 0 Å². The maximum absolute atomic E-state index is 12.9. The third-order valence-electron chi connectivity index (χ3n) is 5.86. The van der Waals surface area contributed by atoms with Crippen LogP contribution in [0.25, 0.3) is 0 Å². The zero-order valence-corrected chi connectivity index (χ0v) is 19.9. The number of phenols is 1. The van der Waals surface area contributed by atoms with Crippen LogP contribution in [-0.4, -0.2) is 75.7 Å². The first-order chi connectivity index (χ1) is 17.2. The summed E-state index contributed by atoms with van der Waals surface area (Å²) in [7, 11) is 1.36. The van der Waals surface area contributed by atoms with Crippen molar-refractivity contribution >= 4 is 35.2 Å². The molecule has 12 nitrogen and oxygen atoms in total. The predicted octanol–water partition coefficient (Wildman–Crippen LogP) is 1.21. The minimum Gasteiger partial charge on any atom is -0.508 e. The Labute approximate surface area is 209 Å². The topological polar surface area (TPSA) is 158 Å². The van der Waals surface area contributed by atoms with Gasteiger partial charge in [0, 0.05) is 25.0 Å². The van der Waals surface area contributed by atoms with Gasteiger partial charge >= 0.3 is 5.97 Å². The average Bonchev–Trinajstić information content (AvgIpc) is 2.89. The van der Waals surface area contributed by atoms with E-state index in [9.17, 15) is 29.6 Å². The summed E-state index contributed by atoms with van der Waals surface area (Å²) < 4.78 is 16.2. The lowest BCUT2D eigenvalue weighted by Crippen LogP contribution is -2.75. The number of benzene rings is 2. The van der Waals surface area contributed by atoms with Gasteiger partial charge in [-0.1, -0.05) is 0 Å². The number of non-ortho nitro benzene ring substituents is 1. The van der Waals surface area contributed by atoms with Gasteiger partial charge in [0.05, 0.1) is 11.5 Å². The second-order valence-corrected chi connectivity index (χ2v) is 9.30. The van der Waals surface area contributed by atoms with E-state index in [0.29, 0.717) is 11.3 Å². The standard InChI is InChI=1S/C23H23N3O9S/c1-33-23(22(30)35-10-14-2-4-15(5-3-14)26(31)32)12-25-20(29)19(21(25)36-13-23)24-18(28)11-34-17-8-6-16(27)7-9-17/h2-9,19,21,27H,10-13H2,1H3,(H,24,28)/t19?,21-,23?/m1/s1. The van der Waals surface area contributed by atoms with Crippen LogP contribution in [0.1, 0.15) is 5.56 Å². The molecule has 0 aromatic heterocycles. The van der Waals surface area contributed by atoms with Gasteiger partial charge < -0.3 is 29.5 Å². The summed E-state index contributed by atoms with van der Waals surface area (Å²) in [5.41, 5.74) is -0.883. The molecule has 0 spiro atoms. The largest absolute Gasteiger partial charge is 0.508 e. The van der Waals surface area contributed by atoms with Crippen molar-refractivity contribution < 1.29 is 38.6 Å². The molecule has 0 saturated carbocycles. The first kappa shape index (κ1) is 25.3. The number of nitro benzene ring substituents is 1. The van der Waals surface area contributed by atoms with Crippen LogP contribution in [0.3, 0.4) is 0 Å². The molecule has 4 rings (SSSR count). The molecule has 3 atom stereocenters. The van der Waals surface area contributed by atoms with Crippen LogP contribution < -0.4 is 10.1 Å². The van der Waals surface area contributed by atoms with Crippen molar-refractivity contribution in [3.05, 3.63) is 64.2 Å². The number of nitrogens with one attached hydrogen (secondary N) is 1. The number of esters is 1. The quantitative estimate of drug-likeness (QED) is 0.214. The first-order valence-electron chi connectivity index (χ1n) is 10.8. The molecule has 2 aromatic rings. The molecule has 0 bridgehead atoms. The van der Waals surface area contributed by atoms with Crippen LogP contribution in [0.5, 0.6) is 11.5 Å². The van der Waals surface area contributed by atoms with E-state index in [0.717, 1.165) is 0 Å². The second kappa shape index (κ2) is 10.4. The average molecular weight is 518 g/mol. The van der Waals surface area contributed by atoms with E-state index in [1.165, 1.54) is 72.3 Å². The molecule has 2 aliphatic rings. The number of ether oxygens (including phenoxy) is 3. The molecule has 0 radical (unpaired) electrons. The summed E-state index contributed by atoms with van der Waals surface area (Å²) in [5, 5.41) is 22.4. The second-order valence-electron chi connectivity index (χ2n) is 8.19. The molecule has 36 heavy (non-hydrogen) atoms. The highest BCUT2D eigenvalue weighted by Gasteiger charge is 2.58. The lowest BCUT2D eigenvalue weighted by molar-refractivity contribution is -0.384. The zero-order valence-electron chi connectivity index (χ0n) is 19.1. The number of carbonyl (C=O) groups is 3. The maximum atomic E-state index is 12.9. The van der Waals surface area contributed by atoms with E-state index in [-0.39, 0.29) is 48.2 Å². The fourth-order valence-corrected chi connectivity index (χ4v) is 5.28. The van der Waals surface area contributed by atoms with E-state index in [2.05, 4.69) is 5.32 Å². The minimum absolute atomic E-state index is 0.0323. The number of β-lactam (4-membered cyclic amide) rings is 1. The number of hydrogen-bond acceptors (Lipinski definition) is 10. The molecule has 190 valence electrons. The number of fused-ring (bicyclic) bond motifs is 1. The Morgan fingerprint density at radius 1 is 1.22 bits per heavy atom. The molecule has 2 aromatic carbocycles. The first-order valence-corrected chi connectivity index (χ1v) is 11.9. The fourth-order valence-electron chi connectivity index (χ4n) is 3.78. The van der Waals surface area contributed by atoms with E-state index >= 15 is 0 Å².